The third-order valence-corrected chi connectivity index (χ3v) is 3.81. The Hall–Kier alpha value is -2.08. The zero-order chi connectivity index (χ0) is 14.1. The van der Waals surface area contributed by atoms with Crippen molar-refractivity contribution in [1.82, 2.24) is 9.80 Å². The van der Waals surface area contributed by atoms with Crippen LogP contribution in [0.2, 0.25) is 0 Å². The Morgan fingerprint density at radius 2 is 2.20 bits per heavy atom. The van der Waals surface area contributed by atoms with Crippen molar-refractivity contribution < 1.29 is 14.3 Å². The molecule has 1 fully saturated rings. The molecule has 3 rings (SSSR count). The van der Waals surface area contributed by atoms with Crippen molar-refractivity contribution in [3.8, 4) is 0 Å². The Bertz CT molecular complexity index is 559. The Balaban J connectivity index is 1.67. The maximum Gasteiger partial charge on any atom is 0.416 e. The van der Waals surface area contributed by atoms with Gasteiger partial charge in [0.1, 0.15) is 6.61 Å². The number of rotatable bonds is 2. The SMILES string of the molecule is Nc1cccc2c1CN(CC(=O)N1CCOC1=O)CC2. The second-order valence-electron chi connectivity index (χ2n) is 5.11. The zero-order valence-electron chi connectivity index (χ0n) is 11.2. The van der Waals surface area contributed by atoms with Gasteiger partial charge in [-0.3, -0.25) is 9.69 Å². The fourth-order valence-corrected chi connectivity index (χ4v) is 2.69. The van der Waals surface area contributed by atoms with E-state index in [-0.39, 0.29) is 12.5 Å². The molecule has 0 spiro atoms. The molecule has 1 aromatic rings. The quantitative estimate of drug-likeness (QED) is 0.800. The van der Waals surface area contributed by atoms with Gasteiger partial charge in [0.25, 0.3) is 0 Å². The van der Waals surface area contributed by atoms with Crippen molar-refractivity contribution in [1.29, 1.82) is 0 Å². The summed E-state index contributed by atoms with van der Waals surface area (Å²) < 4.78 is 4.78. The van der Waals surface area contributed by atoms with E-state index in [1.54, 1.807) is 0 Å². The van der Waals surface area contributed by atoms with E-state index in [9.17, 15) is 9.59 Å². The van der Waals surface area contributed by atoms with E-state index in [0.717, 1.165) is 24.2 Å². The van der Waals surface area contributed by atoms with E-state index >= 15 is 0 Å². The molecule has 2 amide bonds. The Morgan fingerprint density at radius 3 is 2.95 bits per heavy atom. The molecule has 6 nitrogen and oxygen atoms in total. The minimum atomic E-state index is -0.535. The highest BCUT2D eigenvalue weighted by atomic mass is 16.6. The number of nitrogens with two attached hydrogens (primary N) is 1. The molecule has 0 unspecified atom stereocenters. The number of ether oxygens (including phenoxy) is 1. The van der Waals surface area contributed by atoms with Gasteiger partial charge >= 0.3 is 6.09 Å². The lowest BCUT2D eigenvalue weighted by atomic mass is 9.98. The first-order valence-corrected chi connectivity index (χ1v) is 6.71. The smallest absolute Gasteiger partial charge is 0.416 e. The summed E-state index contributed by atoms with van der Waals surface area (Å²) in [6.07, 6.45) is 0.338. The second-order valence-corrected chi connectivity index (χ2v) is 5.11. The number of carbonyl (C=O) groups is 2. The van der Waals surface area contributed by atoms with E-state index in [1.807, 2.05) is 17.0 Å². The summed E-state index contributed by atoms with van der Waals surface area (Å²) >= 11 is 0. The van der Waals surface area contributed by atoms with Crippen LogP contribution in [0.3, 0.4) is 0 Å². The number of anilines is 1. The van der Waals surface area contributed by atoms with Crippen molar-refractivity contribution in [2.75, 3.05) is 32.0 Å². The second kappa shape index (κ2) is 5.13. The summed E-state index contributed by atoms with van der Waals surface area (Å²) in [5.41, 5.74) is 9.08. The molecule has 0 bridgehead atoms. The normalized spacial score (nSPS) is 18.8. The van der Waals surface area contributed by atoms with Gasteiger partial charge in [-0.2, -0.15) is 0 Å². The molecule has 0 saturated carbocycles. The molecule has 1 saturated heterocycles. The summed E-state index contributed by atoms with van der Waals surface area (Å²) in [6, 6.07) is 5.90. The van der Waals surface area contributed by atoms with E-state index < -0.39 is 6.09 Å². The lowest BCUT2D eigenvalue weighted by Crippen LogP contribution is -2.42. The first-order chi connectivity index (χ1) is 9.65. The molecular weight excluding hydrogens is 258 g/mol. The largest absolute Gasteiger partial charge is 0.447 e. The van der Waals surface area contributed by atoms with Crippen molar-refractivity contribution in [3.05, 3.63) is 29.3 Å². The summed E-state index contributed by atoms with van der Waals surface area (Å²) in [7, 11) is 0. The van der Waals surface area contributed by atoms with Gasteiger partial charge in [-0.05, 0) is 23.6 Å². The average Bonchev–Trinajstić information content (AvgIpc) is 2.86. The van der Waals surface area contributed by atoms with Gasteiger partial charge < -0.3 is 10.5 Å². The van der Waals surface area contributed by atoms with Crippen LogP contribution >= 0.6 is 0 Å². The maximum atomic E-state index is 12.1. The number of hydrogen-bond donors (Lipinski definition) is 1. The Morgan fingerprint density at radius 1 is 1.35 bits per heavy atom. The molecule has 2 aliphatic heterocycles. The van der Waals surface area contributed by atoms with Gasteiger partial charge in [0, 0.05) is 18.8 Å². The molecular formula is C14H17N3O3. The number of amides is 2. The van der Waals surface area contributed by atoms with Crippen LogP contribution in [0.25, 0.3) is 0 Å². The van der Waals surface area contributed by atoms with Gasteiger partial charge in [0.05, 0.1) is 13.1 Å². The predicted molar refractivity (Wildman–Crippen MR) is 72.9 cm³/mol. The lowest BCUT2D eigenvalue weighted by molar-refractivity contribution is -0.129. The van der Waals surface area contributed by atoms with Gasteiger partial charge in [-0.25, -0.2) is 9.69 Å². The molecule has 106 valence electrons. The fourth-order valence-electron chi connectivity index (χ4n) is 2.69. The van der Waals surface area contributed by atoms with Gasteiger partial charge in [0.2, 0.25) is 5.91 Å². The Kier molecular flexibility index (Phi) is 3.31. The van der Waals surface area contributed by atoms with Crippen LogP contribution < -0.4 is 5.73 Å². The molecule has 0 aromatic heterocycles. The van der Waals surface area contributed by atoms with Crippen LogP contribution in [0.15, 0.2) is 18.2 Å². The zero-order valence-corrected chi connectivity index (χ0v) is 11.2. The summed E-state index contributed by atoms with van der Waals surface area (Å²) in [5.74, 6) is -0.203. The van der Waals surface area contributed by atoms with E-state index in [4.69, 9.17) is 10.5 Å². The van der Waals surface area contributed by atoms with Crippen LogP contribution in [0.1, 0.15) is 11.1 Å². The standard InChI is InChI=1S/C14H17N3O3/c15-12-3-1-2-10-4-5-16(8-11(10)12)9-13(18)17-6-7-20-14(17)19/h1-3H,4-9,15H2. The van der Waals surface area contributed by atoms with Crippen LogP contribution in [-0.2, 0) is 22.5 Å². The van der Waals surface area contributed by atoms with Crippen LogP contribution in [-0.4, -0.2) is 48.0 Å². The first kappa shape index (κ1) is 12.9. The van der Waals surface area contributed by atoms with E-state index in [0.29, 0.717) is 19.7 Å². The summed E-state index contributed by atoms with van der Waals surface area (Å²) in [4.78, 5) is 26.6. The third-order valence-electron chi connectivity index (χ3n) is 3.81. The van der Waals surface area contributed by atoms with Gasteiger partial charge in [-0.1, -0.05) is 12.1 Å². The molecule has 20 heavy (non-hydrogen) atoms. The number of carbonyl (C=O) groups excluding carboxylic acids is 2. The number of nitrogens with zero attached hydrogens (tertiary/aromatic N) is 2. The first-order valence-electron chi connectivity index (χ1n) is 6.71. The summed E-state index contributed by atoms with van der Waals surface area (Å²) in [5, 5.41) is 0. The van der Waals surface area contributed by atoms with Crippen molar-refractivity contribution in [2.45, 2.75) is 13.0 Å². The molecule has 0 radical (unpaired) electrons. The number of cyclic esters (lactones) is 1. The van der Waals surface area contributed by atoms with E-state index in [1.165, 1.54) is 10.5 Å². The highest BCUT2D eigenvalue weighted by Gasteiger charge is 2.30. The van der Waals surface area contributed by atoms with Crippen molar-refractivity contribution in [2.24, 2.45) is 0 Å². The van der Waals surface area contributed by atoms with Crippen LogP contribution in [0.4, 0.5) is 10.5 Å². The van der Waals surface area contributed by atoms with Gasteiger partial charge in [-0.15, -0.1) is 0 Å². The lowest BCUT2D eigenvalue weighted by Gasteiger charge is -2.29. The van der Waals surface area contributed by atoms with Crippen molar-refractivity contribution in [3.63, 3.8) is 0 Å². The molecule has 2 heterocycles. The van der Waals surface area contributed by atoms with Gasteiger partial charge in [0.15, 0.2) is 0 Å². The number of imide groups is 1. The number of benzene rings is 1. The fraction of sp³-hybridized carbons (Fsp3) is 0.429. The third kappa shape index (κ3) is 2.34. The van der Waals surface area contributed by atoms with Crippen LogP contribution in [0, 0.1) is 0 Å². The number of hydrogen-bond acceptors (Lipinski definition) is 5. The molecule has 2 aliphatic rings. The molecule has 0 atom stereocenters. The molecule has 2 N–H and O–H groups in total. The highest BCUT2D eigenvalue weighted by Crippen LogP contribution is 2.24. The topological polar surface area (TPSA) is 75.9 Å². The Labute approximate surface area is 117 Å². The predicted octanol–water partition coefficient (Wildman–Crippen LogP) is 0.606. The monoisotopic (exact) mass is 275 g/mol. The van der Waals surface area contributed by atoms with Crippen molar-refractivity contribution >= 4 is 17.7 Å². The van der Waals surface area contributed by atoms with E-state index in [2.05, 4.69) is 6.07 Å². The molecule has 6 heteroatoms. The number of nitrogen functional groups attached to an aromatic ring is 1. The molecule has 1 aromatic carbocycles. The average molecular weight is 275 g/mol. The minimum Gasteiger partial charge on any atom is -0.447 e. The maximum absolute atomic E-state index is 12.1. The summed E-state index contributed by atoms with van der Waals surface area (Å²) in [6.45, 7) is 2.31. The number of fused-ring (bicyclic) bond motifs is 1. The highest BCUT2D eigenvalue weighted by molar-refractivity contribution is 5.94. The van der Waals surface area contributed by atoms with Crippen LogP contribution in [0.5, 0.6) is 0 Å². The minimum absolute atomic E-state index is 0.203. The molecule has 0 aliphatic carbocycles.